The molecule has 1 fully saturated rings. The highest BCUT2D eigenvalue weighted by Gasteiger charge is 2.35. The van der Waals surface area contributed by atoms with Crippen LogP contribution < -0.4 is 4.74 Å². The van der Waals surface area contributed by atoms with Crippen LogP contribution in [0.2, 0.25) is 0 Å². The van der Waals surface area contributed by atoms with E-state index in [1.807, 2.05) is 4.90 Å². The lowest BCUT2D eigenvalue weighted by Crippen LogP contribution is -2.43. The Balaban J connectivity index is 1.53. The molecule has 2 heterocycles. The predicted octanol–water partition coefficient (Wildman–Crippen LogP) is 2.59. The van der Waals surface area contributed by atoms with Gasteiger partial charge in [-0.1, -0.05) is 18.2 Å². The summed E-state index contributed by atoms with van der Waals surface area (Å²) in [6.07, 6.45) is 1.32. The quantitative estimate of drug-likeness (QED) is 0.584. The van der Waals surface area contributed by atoms with Crippen LogP contribution in [0.4, 0.5) is 4.39 Å². The van der Waals surface area contributed by atoms with Crippen LogP contribution in [0.5, 0.6) is 5.75 Å². The summed E-state index contributed by atoms with van der Waals surface area (Å²) in [4.78, 5) is 14.5. The van der Waals surface area contributed by atoms with Crippen molar-refractivity contribution in [1.82, 2.24) is 4.90 Å². The molecule has 2 aromatic carbocycles. The third kappa shape index (κ3) is 3.44. The maximum Gasteiger partial charge on any atom is 0.316 e. The first-order valence-corrected chi connectivity index (χ1v) is 10.0. The molecule has 0 amide bonds. The van der Waals surface area contributed by atoms with Gasteiger partial charge in [0.15, 0.2) is 5.84 Å². The number of rotatable bonds is 2. The van der Waals surface area contributed by atoms with Crippen molar-refractivity contribution in [3.8, 4) is 5.75 Å². The molecular formula is C19H17FN2O4S. The SMILES string of the molecule is O=C(Oc1cccc(F)c1)[C@@H]1CCCN(C2=NS(=O)(=O)c3ccccc32)C1. The van der Waals surface area contributed by atoms with Crippen LogP contribution in [0.25, 0.3) is 0 Å². The van der Waals surface area contributed by atoms with Gasteiger partial charge in [-0.3, -0.25) is 4.79 Å². The molecule has 0 spiro atoms. The lowest BCUT2D eigenvalue weighted by Gasteiger charge is -2.32. The van der Waals surface area contributed by atoms with Crippen LogP contribution in [-0.4, -0.2) is 38.2 Å². The number of sulfonamides is 1. The van der Waals surface area contributed by atoms with E-state index >= 15 is 0 Å². The van der Waals surface area contributed by atoms with Gasteiger partial charge in [0.05, 0.1) is 5.92 Å². The Kier molecular flexibility index (Phi) is 4.43. The summed E-state index contributed by atoms with van der Waals surface area (Å²) in [5, 5.41) is 0. The highest BCUT2D eigenvalue weighted by Crippen LogP contribution is 2.30. The molecule has 0 aromatic heterocycles. The molecule has 0 bridgehead atoms. The Hall–Kier alpha value is -2.74. The normalized spacial score (nSPS) is 20.7. The second kappa shape index (κ2) is 6.77. The second-order valence-electron chi connectivity index (χ2n) is 6.55. The van der Waals surface area contributed by atoms with Crippen molar-refractivity contribution in [2.75, 3.05) is 13.1 Å². The first-order chi connectivity index (χ1) is 12.9. The van der Waals surface area contributed by atoms with E-state index in [1.165, 1.54) is 24.3 Å². The smallest absolute Gasteiger partial charge is 0.316 e. The lowest BCUT2D eigenvalue weighted by molar-refractivity contribution is -0.140. The van der Waals surface area contributed by atoms with Crippen molar-refractivity contribution in [3.63, 3.8) is 0 Å². The zero-order chi connectivity index (χ0) is 19.0. The van der Waals surface area contributed by atoms with Crippen LogP contribution in [-0.2, 0) is 14.8 Å². The van der Waals surface area contributed by atoms with E-state index in [0.29, 0.717) is 37.3 Å². The Bertz CT molecular complexity index is 1040. The molecule has 140 valence electrons. The summed E-state index contributed by atoms with van der Waals surface area (Å²) in [5.41, 5.74) is 0.552. The number of likely N-dealkylation sites (tertiary alicyclic amines) is 1. The summed E-state index contributed by atoms with van der Waals surface area (Å²) < 4.78 is 47.0. The predicted molar refractivity (Wildman–Crippen MR) is 96.5 cm³/mol. The summed E-state index contributed by atoms with van der Waals surface area (Å²) in [7, 11) is -3.71. The summed E-state index contributed by atoms with van der Waals surface area (Å²) in [6, 6.07) is 12.1. The number of amidine groups is 1. The average Bonchev–Trinajstić information content (AvgIpc) is 2.93. The van der Waals surface area contributed by atoms with E-state index in [4.69, 9.17) is 4.74 Å². The zero-order valence-electron chi connectivity index (χ0n) is 14.3. The fraction of sp³-hybridized carbons (Fsp3) is 0.263. The number of nitrogens with zero attached hydrogens (tertiary/aromatic N) is 2. The number of piperidine rings is 1. The molecule has 1 saturated heterocycles. The third-order valence-electron chi connectivity index (χ3n) is 4.68. The van der Waals surface area contributed by atoms with Gasteiger partial charge in [0.1, 0.15) is 16.5 Å². The molecule has 2 aromatic rings. The van der Waals surface area contributed by atoms with Gasteiger partial charge in [0.2, 0.25) is 0 Å². The molecule has 0 N–H and O–H groups in total. The molecular weight excluding hydrogens is 371 g/mol. The maximum absolute atomic E-state index is 13.3. The number of esters is 1. The minimum atomic E-state index is -3.71. The standard InChI is InChI=1S/C19H17FN2O4S/c20-14-6-3-7-15(11-14)26-19(23)13-5-4-10-22(12-13)18-16-8-1-2-9-17(16)27(24,25)21-18/h1-3,6-9,11,13H,4-5,10,12H2/t13-/m1/s1. The Morgan fingerprint density at radius 2 is 2.00 bits per heavy atom. The summed E-state index contributed by atoms with van der Waals surface area (Å²) >= 11 is 0. The number of halogens is 1. The van der Waals surface area contributed by atoms with Crippen molar-refractivity contribution in [2.24, 2.45) is 10.3 Å². The highest BCUT2D eigenvalue weighted by molar-refractivity contribution is 7.90. The van der Waals surface area contributed by atoms with Gasteiger partial charge in [-0.2, -0.15) is 8.42 Å². The average molecular weight is 388 g/mol. The van der Waals surface area contributed by atoms with Crippen LogP contribution in [0.3, 0.4) is 0 Å². The Labute approximate surface area is 156 Å². The molecule has 4 rings (SSSR count). The van der Waals surface area contributed by atoms with E-state index in [0.717, 1.165) is 6.07 Å². The molecule has 0 aliphatic carbocycles. The zero-order valence-corrected chi connectivity index (χ0v) is 15.2. The van der Waals surface area contributed by atoms with Gasteiger partial charge in [-0.15, -0.1) is 4.40 Å². The number of hydrogen-bond acceptors (Lipinski definition) is 5. The highest BCUT2D eigenvalue weighted by atomic mass is 32.2. The van der Waals surface area contributed by atoms with Gasteiger partial charge < -0.3 is 9.64 Å². The monoisotopic (exact) mass is 388 g/mol. The molecule has 0 unspecified atom stereocenters. The minimum absolute atomic E-state index is 0.156. The van der Waals surface area contributed by atoms with Crippen LogP contribution in [0.15, 0.2) is 57.8 Å². The molecule has 2 aliphatic heterocycles. The first kappa shape index (κ1) is 17.7. The van der Waals surface area contributed by atoms with Crippen molar-refractivity contribution < 1.29 is 22.3 Å². The molecule has 27 heavy (non-hydrogen) atoms. The van der Waals surface area contributed by atoms with Crippen molar-refractivity contribution in [3.05, 3.63) is 59.9 Å². The fourth-order valence-corrected chi connectivity index (χ4v) is 4.64. The van der Waals surface area contributed by atoms with Gasteiger partial charge in [0.25, 0.3) is 10.0 Å². The van der Waals surface area contributed by atoms with Crippen LogP contribution in [0, 0.1) is 11.7 Å². The number of hydrogen-bond donors (Lipinski definition) is 0. The fourth-order valence-electron chi connectivity index (χ4n) is 3.41. The van der Waals surface area contributed by atoms with E-state index < -0.39 is 27.7 Å². The second-order valence-corrected chi connectivity index (χ2v) is 8.12. The van der Waals surface area contributed by atoms with E-state index in [-0.39, 0.29) is 10.6 Å². The van der Waals surface area contributed by atoms with E-state index in [1.54, 1.807) is 18.2 Å². The Morgan fingerprint density at radius 3 is 2.81 bits per heavy atom. The van der Waals surface area contributed by atoms with E-state index in [2.05, 4.69) is 4.40 Å². The van der Waals surface area contributed by atoms with Crippen LogP contribution >= 0.6 is 0 Å². The number of benzene rings is 2. The molecule has 8 heteroatoms. The number of fused-ring (bicyclic) bond motifs is 1. The number of carbonyl (C=O) groups is 1. The topological polar surface area (TPSA) is 76.0 Å². The van der Waals surface area contributed by atoms with Crippen molar-refractivity contribution >= 4 is 21.8 Å². The first-order valence-electron chi connectivity index (χ1n) is 8.60. The minimum Gasteiger partial charge on any atom is -0.426 e. The van der Waals surface area contributed by atoms with Gasteiger partial charge in [-0.25, -0.2) is 4.39 Å². The summed E-state index contributed by atoms with van der Waals surface area (Å²) in [5.74, 6) is -0.856. The third-order valence-corrected chi connectivity index (χ3v) is 6.01. The number of ether oxygens (including phenoxy) is 1. The van der Waals surface area contributed by atoms with E-state index in [9.17, 15) is 17.6 Å². The van der Waals surface area contributed by atoms with Crippen molar-refractivity contribution in [2.45, 2.75) is 17.7 Å². The summed E-state index contributed by atoms with van der Waals surface area (Å²) in [6.45, 7) is 0.906. The van der Waals surface area contributed by atoms with Gasteiger partial charge in [-0.05, 0) is 37.1 Å². The maximum atomic E-state index is 13.3. The molecule has 1 atom stereocenters. The van der Waals surface area contributed by atoms with Gasteiger partial charge >= 0.3 is 5.97 Å². The molecule has 6 nitrogen and oxygen atoms in total. The van der Waals surface area contributed by atoms with Gasteiger partial charge in [0, 0.05) is 24.7 Å². The van der Waals surface area contributed by atoms with Crippen molar-refractivity contribution in [1.29, 1.82) is 0 Å². The largest absolute Gasteiger partial charge is 0.426 e. The number of carbonyl (C=O) groups excluding carboxylic acids is 1. The van der Waals surface area contributed by atoms with Crippen LogP contribution in [0.1, 0.15) is 18.4 Å². The molecule has 2 aliphatic rings. The molecule has 0 radical (unpaired) electrons. The molecule has 0 saturated carbocycles. The lowest BCUT2D eigenvalue weighted by atomic mass is 9.97. The Morgan fingerprint density at radius 1 is 1.19 bits per heavy atom.